The van der Waals surface area contributed by atoms with Crippen LogP contribution in [0.25, 0.3) is 0 Å². The molecule has 0 aliphatic carbocycles. The molecule has 0 spiro atoms. The molecule has 1 aliphatic rings. The molecule has 3 rings (SSSR count). The van der Waals surface area contributed by atoms with Crippen molar-refractivity contribution >= 4 is 0 Å². The van der Waals surface area contributed by atoms with E-state index < -0.39 is 23.5 Å². The normalized spacial score (nSPS) is 18.2. The third kappa shape index (κ3) is 2.38. The van der Waals surface area contributed by atoms with Crippen LogP contribution < -0.4 is 10.1 Å². The molecule has 5 heteroatoms. The fourth-order valence-electron chi connectivity index (χ4n) is 2.81. The van der Waals surface area contributed by atoms with Crippen LogP contribution in [0.15, 0.2) is 36.4 Å². The minimum absolute atomic E-state index is 0.0988. The summed E-state index contributed by atoms with van der Waals surface area (Å²) in [5.41, 5.74) is 1.03. The van der Waals surface area contributed by atoms with E-state index in [0.29, 0.717) is 12.7 Å². The van der Waals surface area contributed by atoms with Gasteiger partial charge in [0, 0.05) is 29.2 Å². The van der Waals surface area contributed by atoms with Crippen LogP contribution in [0.2, 0.25) is 0 Å². The van der Waals surface area contributed by atoms with Gasteiger partial charge in [-0.2, -0.15) is 0 Å². The minimum Gasteiger partial charge on any atom is -0.493 e. The molecule has 2 aromatic rings. The highest BCUT2D eigenvalue weighted by atomic mass is 19.2. The van der Waals surface area contributed by atoms with Gasteiger partial charge in [-0.1, -0.05) is 18.2 Å². The average molecular weight is 293 g/mol. The molecule has 0 fully saturated rings. The van der Waals surface area contributed by atoms with Gasteiger partial charge in [-0.05, 0) is 19.2 Å². The van der Waals surface area contributed by atoms with Crippen LogP contribution in [0.3, 0.4) is 0 Å². The second-order valence-corrected chi connectivity index (χ2v) is 5.01. The van der Waals surface area contributed by atoms with E-state index in [-0.39, 0.29) is 11.5 Å². The first-order chi connectivity index (χ1) is 10.1. The number of rotatable bonds is 3. The first kappa shape index (κ1) is 13.9. The Morgan fingerprint density at radius 2 is 1.81 bits per heavy atom. The molecule has 110 valence electrons. The zero-order valence-corrected chi connectivity index (χ0v) is 11.4. The number of hydrogen-bond acceptors (Lipinski definition) is 2. The quantitative estimate of drug-likeness (QED) is 0.874. The number of benzene rings is 2. The fraction of sp³-hybridized carbons (Fsp3) is 0.250. The number of nitrogens with one attached hydrogen (secondary N) is 1. The first-order valence-corrected chi connectivity index (χ1v) is 6.65. The van der Waals surface area contributed by atoms with Crippen LogP contribution in [0.5, 0.6) is 5.75 Å². The van der Waals surface area contributed by atoms with E-state index in [9.17, 15) is 13.2 Å². The highest BCUT2D eigenvalue weighted by Crippen LogP contribution is 2.41. The molecule has 0 saturated carbocycles. The first-order valence-electron chi connectivity index (χ1n) is 6.65. The fourth-order valence-corrected chi connectivity index (χ4v) is 2.81. The van der Waals surface area contributed by atoms with Gasteiger partial charge in [-0.15, -0.1) is 0 Å². The van der Waals surface area contributed by atoms with E-state index in [4.69, 9.17) is 4.74 Å². The van der Waals surface area contributed by atoms with Crippen molar-refractivity contribution in [3.63, 3.8) is 0 Å². The number of ether oxygens (including phenoxy) is 1. The van der Waals surface area contributed by atoms with E-state index in [1.165, 1.54) is 0 Å². The van der Waals surface area contributed by atoms with Gasteiger partial charge in [0.1, 0.15) is 11.6 Å². The summed E-state index contributed by atoms with van der Waals surface area (Å²) in [7, 11) is 1.66. The lowest BCUT2D eigenvalue weighted by Crippen LogP contribution is -2.26. The maximum absolute atomic E-state index is 14.0. The average Bonchev–Trinajstić information content (AvgIpc) is 2.89. The van der Waals surface area contributed by atoms with Crippen LogP contribution in [-0.2, 0) is 0 Å². The minimum atomic E-state index is -1.19. The van der Waals surface area contributed by atoms with Gasteiger partial charge in [0.2, 0.25) is 0 Å². The number of hydrogen-bond donors (Lipinski definition) is 1. The Morgan fingerprint density at radius 1 is 1.10 bits per heavy atom. The zero-order valence-electron chi connectivity index (χ0n) is 11.4. The molecule has 0 saturated heterocycles. The topological polar surface area (TPSA) is 21.3 Å². The van der Waals surface area contributed by atoms with Crippen LogP contribution >= 0.6 is 0 Å². The van der Waals surface area contributed by atoms with Crippen LogP contribution in [0, 0.1) is 17.5 Å². The monoisotopic (exact) mass is 293 g/mol. The van der Waals surface area contributed by atoms with Gasteiger partial charge in [0.15, 0.2) is 11.6 Å². The van der Waals surface area contributed by atoms with Gasteiger partial charge >= 0.3 is 0 Å². The van der Waals surface area contributed by atoms with E-state index in [1.54, 1.807) is 7.05 Å². The lowest BCUT2D eigenvalue weighted by molar-refractivity contribution is 0.301. The summed E-state index contributed by atoms with van der Waals surface area (Å²) in [6.45, 7) is 0.364. The molecule has 2 aromatic carbocycles. The van der Waals surface area contributed by atoms with Crippen molar-refractivity contribution in [2.45, 2.75) is 12.0 Å². The van der Waals surface area contributed by atoms with Gasteiger partial charge in [0.25, 0.3) is 0 Å². The van der Waals surface area contributed by atoms with Crippen LogP contribution in [0.1, 0.15) is 23.1 Å². The molecule has 1 heterocycles. The molecule has 1 N–H and O–H groups in total. The molecule has 0 radical (unpaired) electrons. The van der Waals surface area contributed by atoms with Crippen molar-refractivity contribution in [3.05, 3.63) is 65.0 Å². The van der Waals surface area contributed by atoms with Gasteiger partial charge in [-0.25, -0.2) is 13.2 Å². The summed E-state index contributed by atoms with van der Waals surface area (Å²) in [5, 5.41) is 2.98. The van der Waals surface area contributed by atoms with E-state index in [2.05, 4.69) is 5.32 Å². The Bertz CT molecular complexity index is 675. The van der Waals surface area contributed by atoms with E-state index in [0.717, 1.165) is 17.4 Å². The third-order valence-electron chi connectivity index (χ3n) is 3.82. The Kier molecular flexibility index (Phi) is 3.59. The third-order valence-corrected chi connectivity index (χ3v) is 3.82. The van der Waals surface area contributed by atoms with Gasteiger partial charge in [0.05, 0.1) is 6.61 Å². The molecular formula is C16H14F3NO. The largest absolute Gasteiger partial charge is 0.493 e. The Balaban J connectivity index is 2.03. The molecule has 1 aliphatic heterocycles. The SMILES string of the molecule is CNC(c1cc(F)c(F)cc1F)C1COc2ccccc21. The summed E-state index contributed by atoms with van der Waals surface area (Å²) >= 11 is 0. The highest BCUT2D eigenvalue weighted by molar-refractivity contribution is 5.42. The summed E-state index contributed by atoms with van der Waals surface area (Å²) in [6.07, 6.45) is 0. The second-order valence-electron chi connectivity index (χ2n) is 5.01. The van der Waals surface area contributed by atoms with Crippen molar-refractivity contribution in [1.82, 2.24) is 5.32 Å². The van der Waals surface area contributed by atoms with E-state index in [1.807, 2.05) is 24.3 Å². The second kappa shape index (κ2) is 5.41. The number of para-hydroxylation sites is 1. The van der Waals surface area contributed by atoms with Gasteiger partial charge in [-0.3, -0.25) is 0 Å². The van der Waals surface area contributed by atoms with Crippen LogP contribution in [0.4, 0.5) is 13.2 Å². The molecule has 0 bridgehead atoms. The Morgan fingerprint density at radius 3 is 2.57 bits per heavy atom. The number of fused-ring (bicyclic) bond motifs is 1. The van der Waals surface area contributed by atoms with Crippen LogP contribution in [-0.4, -0.2) is 13.7 Å². The molecule has 21 heavy (non-hydrogen) atoms. The molecule has 2 atom stereocenters. The number of halogens is 3. The summed E-state index contributed by atoms with van der Waals surface area (Å²) < 4.78 is 46.1. The predicted molar refractivity (Wildman–Crippen MR) is 72.8 cm³/mol. The standard InChI is InChI=1S/C16H14F3NO/c1-20-16(10-6-13(18)14(19)7-12(10)17)11-8-21-15-5-3-2-4-9(11)15/h2-7,11,16,20H,8H2,1H3. The molecular weight excluding hydrogens is 279 g/mol. The molecule has 0 aromatic heterocycles. The summed E-state index contributed by atoms with van der Waals surface area (Å²) in [6, 6.07) is 8.45. The van der Waals surface area contributed by atoms with Crippen molar-refractivity contribution in [3.8, 4) is 5.75 Å². The van der Waals surface area contributed by atoms with Crippen molar-refractivity contribution in [2.24, 2.45) is 0 Å². The predicted octanol–water partition coefficient (Wildman–Crippen LogP) is 3.54. The molecule has 2 unspecified atom stereocenters. The van der Waals surface area contributed by atoms with Gasteiger partial charge < -0.3 is 10.1 Å². The van der Waals surface area contributed by atoms with Crippen molar-refractivity contribution in [2.75, 3.05) is 13.7 Å². The highest BCUT2D eigenvalue weighted by Gasteiger charge is 2.33. The lowest BCUT2D eigenvalue weighted by Gasteiger charge is -2.23. The maximum Gasteiger partial charge on any atom is 0.161 e. The zero-order chi connectivity index (χ0) is 15.0. The van der Waals surface area contributed by atoms with Crippen molar-refractivity contribution < 1.29 is 17.9 Å². The maximum atomic E-state index is 14.0. The summed E-state index contributed by atoms with van der Waals surface area (Å²) in [4.78, 5) is 0. The van der Waals surface area contributed by atoms with E-state index >= 15 is 0 Å². The summed E-state index contributed by atoms with van der Waals surface area (Å²) in [5.74, 6) is -2.43. The Hall–Kier alpha value is -2.01. The smallest absolute Gasteiger partial charge is 0.161 e. The Labute approximate surface area is 120 Å². The van der Waals surface area contributed by atoms with Crippen molar-refractivity contribution in [1.29, 1.82) is 0 Å². The molecule has 2 nitrogen and oxygen atoms in total. The molecule has 0 amide bonds. The number of likely N-dealkylation sites (N-methyl/N-ethyl adjacent to an activating group) is 1. The lowest BCUT2D eigenvalue weighted by atomic mass is 9.88.